The van der Waals surface area contributed by atoms with Gasteiger partial charge in [-0.1, -0.05) is 0 Å². The van der Waals surface area contributed by atoms with Gasteiger partial charge < -0.3 is 8.92 Å². The molecule has 0 saturated heterocycles. The normalized spacial score (nSPS) is 14.2. The van der Waals surface area contributed by atoms with Crippen molar-refractivity contribution >= 4 is 21.7 Å². The van der Waals surface area contributed by atoms with Gasteiger partial charge in [-0.3, -0.25) is 0 Å². The van der Waals surface area contributed by atoms with Crippen LogP contribution in [-0.2, 0) is 14.9 Å². The zero-order valence-electron chi connectivity index (χ0n) is 12.2. The minimum absolute atomic E-state index is 0.0964. The van der Waals surface area contributed by atoms with Crippen LogP contribution < -0.4 is 8.92 Å². The highest BCUT2D eigenvalue weighted by Crippen LogP contribution is 2.48. The Balaban J connectivity index is 3.15. The Bertz CT molecular complexity index is 732. The van der Waals surface area contributed by atoms with Gasteiger partial charge in [-0.2, -0.15) is 43.5 Å². The van der Waals surface area contributed by atoms with E-state index < -0.39 is 38.7 Å². The first-order chi connectivity index (χ1) is 11.5. The number of alkyl halides is 9. The Morgan fingerprint density at radius 3 is 1.65 bits per heavy atom. The average molecular weight is 439 g/mol. The van der Waals surface area contributed by atoms with Gasteiger partial charge in [-0.05, 0) is 35.9 Å². The fourth-order valence-electron chi connectivity index (χ4n) is 1.23. The Hall–Kier alpha value is -1.54. The molecule has 1 rings (SSSR count). The smallest absolute Gasteiger partial charge is 0.471 e. The van der Waals surface area contributed by atoms with Gasteiger partial charge in [0.2, 0.25) is 0 Å². The molecule has 150 valence electrons. The second kappa shape index (κ2) is 6.88. The topological polar surface area (TPSA) is 61.8 Å². The maximum absolute atomic E-state index is 13.5. The molecule has 1 aromatic rings. The third-order valence-electron chi connectivity index (χ3n) is 2.50. The average Bonchev–Trinajstić information content (AvgIpc) is 2.45. The maximum Gasteiger partial charge on any atom is 0.471 e. The largest absolute Gasteiger partial charge is 0.497 e. The van der Waals surface area contributed by atoms with Gasteiger partial charge in [0.15, 0.2) is 0 Å². The first-order valence-electron chi connectivity index (χ1n) is 5.95. The van der Waals surface area contributed by atoms with Crippen LogP contribution in [0.15, 0.2) is 24.3 Å². The van der Waals surface area contributed by atoms with Crippen LogP contribution in [0.5, 0.6) is 11.5 Å². The molecule has 0 unspecified atom stereocenters. The Morgan fingerprint density at radius 2 is 1.27 bits per heavy atom. The van der Waals surface area contributed by atoms with Gasteiger partial charge in [0.1, 0.15) is 11.5 Å². The van der Waals surface area contributed by atoms with E-state index in [2.05, 4.69) is 20.5 Å². The number of hydrogen-bond donors (Lipinski definition) is 0. The van der Waals surface area contributed by atoms with Crippen molar-refractivity contribution in [2.75, 3.05) is 7.11 Å². The molecule has 0 aliphatic heterocycles. The molecule has 0 heterocycles. The van der Waals surface area contributed by atoms with Gasteiger partial charge in [0.25, 0.3) is 0 Å². The summed E-state index contributed by atoms with van der Waals surface area (Å²) in [6, 6.07) is 3.37. The van der Waals surface area contributed by atoms with Crippen LogP contribution >= 0.6 is 11.6 Å². The van der Waals surface area contributed by atoms with Crippen LogP contribution in [0.2, 0.25) is 0 Å². The number of methoxy groups -OCH3 is 1. The number of benzene rings is 1. The highest BCUT2D eigenvalue weighted by atomic mass is 35.5. The Labute approximate surface area is 145 Å². The predicted octanol–water partition coefficient (Wildman–Crippen LogP) is 4.03. The molecule has 0 spiro atoms. The molecular weight excluding hydrogens is 432 g/mol. The van der Waals surface area contributed by atoms with Crippen LogP contribution in [0.3, 0.4) is 0 Å². The van der Waals surface area contributed by atoms with Gasteiger partial charge in [-0.15, -0.1) is 0 Å². The predicted molar refractivity (Wildman–Crippen MR) is 69.3 cm³/mol. The van der Waals surface area contributed by atoms with E-state index in [0.717, 1.165) is 12.1 Å². The fraction of sp³-hybridized carbons (Fsp3) is 0.455. The lowest BCUT2D eigenvalue weighted by atomic mass is 10.3. The molecule has 0 aliphatic rings. The molecule has 0 amide bonds. The summed E-state index contributed by atoms with van der Waals surface area (Å²) >= 11 is 3.77. The molecule has 0 saturated carbocycles. The molecular formula is C11H7ClF8O5S. The van der Waals surface area contributed by atoms with Gasteiger partial charge in [0, 0.05) is 0 Å². The van der Waals surface area contributed by atoms with Crippen LogP contribution in [0.1, 0.15) is 0 Å². The van der Waals surface area contributed by atoms with E-state index in [-0.39, 0.29) is 5.75 Å². The van der Waals surface area contributed by atoms with Crippen molar-refractivity contribution in [2.45, 2.75) is 22.9 Å². The van der Waals surface area contributed by atoms with E-state index in [9.17, 15) is 43.5 Å². The lowest BCUT2D eigenvalue weighted by molar-refractivity contribution is -0.443. The van der Waals surface area contributed by atoms with Crippen molar-refractivity contribution in [1.29, 1.82) is 0 Å². The van der Waals surface area contributed by atoms with E-state index in [0.29, 0.717) is 12.1 Å². The molecule has 15 heteroatoms. The lowest BCUT2D eigenvalue weighted by Crippen LogP contribution is -2.55. The quantitative estimate of drug-likeness (QED) is 0.348. The van der Waals surface area contributed by atoms with Gasteiger partial charge in [0.05, 0.1) is 7.11 Å². The summed E-state index contributed by atoms with van der Waals surface area (Å²) in [5, 5.41) is -12.3. The summed E-state index contributed by atoms with van der Waals surface area (Å²) in [6.45, 7) is 0. The fourth-order valence-corrected chi connectivity index (χ4v) is 2.07. The van der Waals surface area contributed by atoms with Crippen molar-refractivity contribution in [1.82, 2.24) is 0 Å². The molecule has 0 bridgehead atoms. The second-order valence-electron chi connectivity index (χ2n) is 4.36. The molecule has 0 aromatic heterocycles. The molecule has 26 heavy (non-hydrogen) atoms. The van der Waals surface area contributed by atoms with Crippen molar-refractivity contribution in [2.24, 2.45) is 0 Å². The molecule has 5 nitrogen and oxygen atoms in total. The lowest BCUT2D eigenvalue weighted by Gasteiger charge is -2.29. The Kier molecular flexibility index (Phi) is 5.96. The molecule has 0 radical (unpaired) electrons. The summed E-state index contributed by atoms with van der Waals surface area (Å²) in [5.41, 5.74) is 0. The highest BCUT2D eigenvalue weighted by molar-refractivity contribution is 7.88. The summed E-state index contributed by atoms with van der Waals surface area (Å²) in [7, 11) is -5.49. The minimum atomic E-state index is -6.68. The minimum Gasteiger partial charge on any atom is -0.497 e. The van der Waals surface area contributed by atoms with Gasteiger partial charge >= 0.3 is 33.0 Å². The number of halogens is 9. The summed E-state index contributed by atoms with van der Waals surface area (Å²) in [5.74, 6) is -0.838. The van der Waals surface area contributed by atoms with Crippen molar-refractivity contribution in [3.8, 4) is 11.5 Å². The highest BCUT2D eigenvalue weighted by Gasteiger charge is 2.75. The van der Waals surface area contributed by atoms with Gasteiger partial charge in [-0.25, -0.2) is 4.74 Å². The van der Waals surface area contributed by atoms with Crippen LogP contribution in [-0.4, -0.2) is 38.4 Å². The van der Waals surface area contributed by atoms with Crippen molar-refractivity contribution < 1.29 is 57.2 Å². The summed E-state index contributed by atoms with van der Waals surface area (Å²) in [6.07, 6.45) is -13.0. The third kappa shape index (κ3) is 4.40. The van der Waals surface area contributed by atoms with E-state index in [1.165, 1.54) is 7.11 Å². The van der Waals surface area contributed by atoms with Crippen LogP contribution in [0, 0.1) is 0 Å². The van der Waals surface area contributed by atoms with Crippen LogP contribution in [0.25, 0.3) is 0 Å². The first-order valence-corrected chi connectivity index (χ1v) is 7.74. The second-order valence-corrected chi connectivity index (χ2v) is 6.43. The third-order valence-corrected chi connectivity index (χ3v) is 4.00. The number of hydrogen-bond acceptors (Lipinski definition) is 5. The number of rotatable bonds is 8. The Morgan fingerprint density at radius 1 is 0.846 bits per heavy atom. The zero-order chi connectivity index (χ0) is 20.6. The van der Waals surface area contributed by atoms with E-state index in [1.807, 2.05) is 4.74 Å². The molecule has 0 atom stereocenters. The number of ether oxygens (including phenoxy) is 2. The summed E-state index contributed by atoms with van der Waals surface area (Å²) in [4.78, 5) is 0. The van der Waals surface area contributed by atoms with Crippen molar-refractivity contribution in [3.63, 3.8) is 0 Å². The van der Waals surface area contributed by atoms with E-state index >= 15 is 0 Å². The van der Waals surface area contributed by atoms with Crippen LogP contribution in [0.4, 0.5) is 35.1 Å². The first kappa shape index (κ1) is 22.5. The molecule has 0 fully saturated rings. The van der Waals surface area contributed by atoms with Crippen molar-refractivity contribution in [3.05, 3.63) is 24.3 Å². The zero-order valence-corrected chi connectivity index (χ0v) is 13.7. The monoisotopic (exact) mass is 438 g/mol. The SMILES string of the molecule is COc1ccc(OS(=O)(=O)C(F)(F)C(F)(F)OC(F)(F)C(F)(F)Cl)cc1. The van der Waals surface area contributed by atoms with E-state index in [1.54, 1.807) is 0 Å². The van der Waals surface area contributed by atoms with E-state index in [4.69, 9.17) is 0 Å². The molecule has 1 aromatic carbocycles. The molecule has 0 N–H and O–H groups in total. The summed E-state index contributed by atoms with van der Waals surface area (Å²) < 4.78 is 136. The molecule has 0 aliphatic carbocycles. The maximum atomic E-state index is 13.5. The standard InChI is InChI=1S/C11H7ClF8O5S/c1-23-6-2-4-7(5-3-6)24-26(21,22)11(19,20)10(17,18)25-9(15,16)8(12,13)14/h2-5H,1H3.